The minimum absolute atomic E-state index is 0.458. The van der Waals surface area contributed by atoms with Crippen LogP contribution in [-0.2, 0) is 4.79 Å². The molecule has 0 unspecified atom stereocenters. The predicted octanol–water partition coefficient (Wildman–Crippen LogP) is 2.59. The summed E-state index contributed by atoms with van der Waals surface area (Å²) in [7, 11) is 1.53. The maximum Gasteiger partial charge on any atom is 0.329 e. The second kappa shape index (κ2) is 5.70. The van der Waals surface area contributed by atoms with E-state index in [1.54, 1.807) is 18.2 Å². The molecule has 1 aromatic carbocycles. The molecule has 0 bridgehead atoms. The first-order valence-electron chi connectivity index (χ1n) is 6.13. The molecule has 0 aromatic heterocycles. The minimum atomic E-state index is -1.12. The van der Waals surface area contributed by atoms with Crippen molar-refractivity contribution in [1.29, 1.82) is 0 Å². The largest absolute Gasteiger partial charge is 0.495 e. The molecule has 1 aromatic rings. The number of hydrogen-bond acceptors (Lipinski definition) is 3. The summed E-state index contributed by atoms with van der Waals surface area (Å²) in [5.74, 6) is -0.410. The molecule has 0 aliphatic heterocycles. The van der Waals surface area contributed by atoms with Gasteiger partial charge < -0.3 is 20.5 Å². The van der Waals surface area contributed by atoms with Gasteiger partial charge in [-0.1, -0.05) is 0 Å². The molecule has 0 saturated heterocycles. The number of ether oxygens (including phenoxy) is 1. The van der Waals surface area contributed by atoms with E-state index >= 15 is 0 Å². The van der Waals surface area contributed by atoms with E-state index < -0.39 is 17.5 Å². The van der Waals surface area contributed by atoms with E-state index in [1.807, 2.05) is 0 Å². The first kappa shape index (κ1) is 14.6. The van der Waals surface area contributed by atoms with Gasteiger partial charge in [-0.2, -0.15) is 0 Å². The van der Waals surface area contributed by atoms with Crippen molar-refractivity contribution in [2.45, 2.75) is 24.8 Å². The van der Waals surface area contributed by atoms with E-state index in [2.05, 4.69) is 26.6 Å². The molecule has 2 amide bonds. The lowest BCUT2D eigenvalue weighted by Gasteiger charge is -2.38. The van der Waals surface area contributed by atoms with Crippen molar-refractivity contribution in [3.05, 3.63) is 22.7 Å². The molecule has 1 aliphatic rings. The summed E-state index contributed by atoms with van der Waals surface area (Å²) < 4.78 is 5.90. The first-order valence-corrected chi connectivity index (χ1v) is 6.92. The summed E-state index contributed by atoms with van der Waals surface area (Å²) in [4.78, 5) is 23.0. The maximum atomic E-state index is 11.9. The zero-order valence-corrected chi connectivity index (χ0v) is 12.5. The number of amides is 2. The Kier molecular flexibility index (Phi) is 4.17. The van der Waals surface area contributed by atoms with Crippen LogP contribution in [0.3, 0.4) is 0 Å². The van der Waals surface area contributed by atoms with Gasteiger partial charge in [0, 0.05) is 11.8 Å². The Balaban J connectivity index is 2.03. The van der Waals surface area contributed by atoms with Crippen LogP contribution in [0.25, 0.3) is 0 Å². The minimum Gasteiger partial charge on any atom is -0.495 e. The van der Waals surface area contributed by atoms with Crippen LogP contribution in [-0.4, -0.2) is 29.8 Å². The summed E-state index contributed by atoms with van der Waals surface area (Å²) >= 11 is 3.31. The topological polar surface area (TPSA) is 87.7 Å². The lowest BCUT2D eigenvalue weighted by Crippen LogP contribution is -2.60. The van der Waals surface area contributed by atoms with Crippen molar-refractivity contribution in [1.82, 2.24) is 5.32 Å². The summed E-state index contributed by atoms with van der Waals surface area (Å²) in [5.41, 5.74) is -0.591. The molecule has 2 rings (SSSR count). The molecule has 0 spiro atoms. The zero-order chi connectivity index (χ0) is 14.8. The van der Waals surface area contributed by atoms with Crippen LogP contribution < -0.4 is 15.4 Å². The number of nitrogens with one attached hydrogen (secondary N) is 2. The zero-order valence-electron chi connectivity index (χ0n) is 10.9. The third-order valence-corrected chi connectivity index (χ3v) is 4.03. The van der Waals surface area contributed by atoms with Gasteiger partial charge >= 0.3 is 12.0 Å². The molecular formula is C13H15BrN2O4. The monoisotopic (exact) mass is 342 g/mol. The van der Waals surface area contributed by atoms with Crippen LogP contribution in [0.2, 0.25) is 0 Å². The van der Waals surface area contributed by atoms with Gasteiger partial charge in [-0.25, -0.2) is 9.59 Å². The van der Waals surface area contributed by atoms with E-state index in [-0.39, 0.29) is 0 Å². The quantitative estimate of drug-likeness (QED) is 0.784. The van der Waals surface area contributed by atoms with Gasteiger partial charge in [0.15, 0.2) is 0 Å². The second-order valence-corrected chi connectivity index (χ2v) is 5.52. The number of hydrogen-bond donors (Lipinski definition) is 3. The predicted molar refractivity (Wildman–Crippen MR) is 77.1 cm³/mol. The van der Waals surface area contributed by atoms with Gasteiger partial charge in [0.1, 0.15) is 11.3 Å². The van der Waals surface area contributed by atoms with Crippen LogP contribution in [0.1, 0.15) is 19.3 Å². The number of benzene rings is 1. The van der Waals surface area contributed by atoms with E-state index in [0.29, 0.717) is 24.3 Å². The Hall–Kier alpha value is -1.76. The molecule has 7 heteroatoms. The third kappa shape index (κ3) is 2.87. The highest BCUT2D eigenvalue weighted by molar-refractivity contribution is 9.10. The number of rotatable bonds is 4. The average molecular weight is 343 g/mol. The first-order chi connectivity index (χ1) is 9.47. The number of halogens is 1. The van der Waals surface area contributed by atoms with Crippen LogP contribution in [0.4, 0.5) is 10.5 Å². The molecule has 0 heterocycles. The number of anilines is 1. The van der Waals surface area contributed by atoms with Gasteiger partial charge in [-0.3, -0.25) is 0 Å². The Morgan fingerprint density at radius 3 is 2.60 bits per heavy atom. The molecular weight excluding hydrogens is 328 g/mol. The third-order valence-electron chi connectivity index (χ3n) is 3.38. The van der Waals surface area contributed by atoms with Crippen LogP contribution in [0, 0.1) is 0 Å². The molecule has 1 saturated carbocycles. The fourth-order valence-electron chi connectivity index (χ4n) is 2.04. The average Bonchev–Trinajstić information content (AvgIpc) is 2.35. The molecule has 3 N–H and O–H groups in total. The second-order valence-electron chi connectivity index (χ2n) is 4.67. The van der Waals surface area contributed by atoms with Gasteiger partial charge in [0.05, 0.1) is 11.6 Å². The summed E-state index contributed by atoms with van der Waals surface area (Å²) in [5, 5.41) is 14.3. The van der Waals surface area contributed by atoms with Gasteiger partial charge in [0.25, 0.3) is 0 Å². The van der Waals surface area contributed by atoms with Crippen molar-refractivity contribution in [2.75, 3.05) is 12.4 Å². The molecule has 0 radical (unpaired) electrons. The Labute approximate surface area is 124 Å². The van der Waals surface area contributed by atoms with Crippen molar-refractivity contribution >= 4 is 33.6 Å². The summed E-state index contributed by atoms with van der Waals surface area (Å²) in [6, 6.07) is 4.56. The summed E-state index contributed by atoms with van der Waals surface area (Å²) in [6.07, 6.45) is 1.72. The van der Waals surface area contributed by atoms with Gasteiger partial charge in [-0.05, 0) is 47.3 Å². The highest BCUT2D eigenvalue weighted by atomic mass is 79.9. The van der Waals surface area contributed by atoms with Crippen LogP contribution in [0.5, 0.6) is 5.75 Å². The number of carbonyl (C=O) groups is 2. The Bertz CT molecular complexity index is 543. The molecule has 20 heavy (non-hydrogen) atoms. The molecule has 1 aliphatic carbocycles. The molecule has 0 atom stereocenters. The fraction of sp³-hybridized carbons (Fsp3) is 0.385. The molecule has 6 nitrogen and oxygen atoms in total. The standard InChI is InChI=1S/C13H15BrN2O4/c1-20-10-7-8(3-4-9(10)14)15-12(19)16-13(11(17)18)5-2-6-13/h3-4,7H,2,5-6H2,1H3,(H,17,18)(H2,15,16,19). The van der Waals surface area contributed by atoms with Crippen molar-refractivity contribution in [3.63, 3.8) is 0 Å². The molecule has 108 valence electrons. The lowest BCUT2D eigenvalue weighted by atomic mass is 9.77. The number of methoxy groups -OCH3 is 1. The number of carbonyl (C=O) groups excluding carboxylic acids is 1. The van der Waals surface area contributed by atoms with Crippen molar-refractivity contribution in [3.8, 4) is 5.75 Å². The van der Waals surface area contributed by atoms with Crippen LogP contribution in [0.15, 0.2) is 22.7 Å². The highest BCUT2D eigenvalue weighted by Gasteiger charge is 2.45. The number of carboxylic acid groups (broad SMARTS) is 1. The normalized spacial score (nSPS) is 15.9. The summed E-state index contributed by atoms with van der Waals surface area (Å²) in [6.45, 7) is 0. The SMILES string of the molecule is COc1cc(NC(=O)NC2(C(=O)O)CCC2)ccc1Br. The smallest absolute Gasteiger partial charge is 0.329 e. The lowest BCUT2D eigenvalue weighted by molar-refractivity contribution is -0.148. The Morgan fingerprint density at radius 1 is 1.40 bits per heavy atom. The highest BCUT2D eigenvalue weighted by Crippen LogP contribution is 2.32. The van der Waals surface area contributed by atoms with Gasteiger partial charge in [0.2, 0.25) is 0 Å². The van der Waals surface area contributed by atoms with Crippen molar-refractivity contribution < 1.29 is 19.4 Å². The van der Waals surface area contributed by atoms with Crippen LogP contribution >= 0.6 is 15.9 Å². The molecule has 1 fully saturated rings. The van der Waals surface area contributed by atoms with Gasteiger partial charge in [-0.15, -0.1) is 0 Å². The Morgan fingerprint density at radius 2 is 2.10 bits per heavy atom. The fourth-order valence-corrected chi connectivity index (χ4v) is 2.45. The van der Waals surface area contributed by atoms with Crippen molar-refractivity contribution in [2.24, 2.45) is 0 Å². The number of urea groups is 1. The van der Waals surface area contributed by atoms with E-state index in [4.69, 9.17) is 9.84 Å². The number of aliphatic carboxylic acids is 1. The van der Waals surface area contributed by atoms with E-state index in [9.17, 15) is 9.59 Å². The maximum absolute atomic E-state index is 11.9. The van der Waals surface area contributed by atoms with E-state index in [1.165, 1.54) is 7.11 Å². The number of carboxylic acids is 1. The van der Waals surface area contributed by atoms with E-state index in [0.717, 1.165) is 10.9 Å².